The summed E-state index contributed by atoms with van der Waals surface area (Å²) in [7, 11) is 0. The van der Waals surface area contributed by atoms with Crippen molar-refractivity contribution >= 4 is 5.91 Å². The molecule has 2 aliphatic rings. The summed E-state index contributed by atoms with van der Waals surface area (Å²) in [6.45, 7) is 6.06. The number of hydrogen-bond donors (Lipinski definition) is 1. The number of likely N-dealkylation sites (tertiary alicyclic amines) is 1. The van der Waals surface area contributed by atoms with Crippen LogP contribution in [-0.4, -0.2) is 29.9 Å². The van der Waals surface area contributed by atoms with Crippen LogP contribution in [0.15, 0.2) is 18.2 Å². The standard InChI is InChI=1S/C21H28F4N2O/c1-14(2)20(11-18(12-20)27-6-4-3-5-7-27)19(28)26-13-15-8-16(21(23,24)25)10-17(22)9-15/h8-10,14,18H,3-7,11-13H2,1-2H3,(H,26,28). The van der Waals surface area contributed by atoms with Crippen LogP contribution < -0.4 is 5.32 Å². The first-order valence-electron chi connectivity index (χ1n) is 10.0. The Morgan fingerprint density at radius 3 is 2.39 bits per heavy atom. The maximum atomic E-state index is 13.6. The number of rotatable bonds is 5. The monoisotopic (exact) mass is 400 g/mol. The second-order valence-corrected chi connectivity index (χ2v) is 8.50. The van der Waals surface area contributed by atoms with Gasteiger partial charge in [-0.3, -0.25) is 4.79 Å². The molecule has 28 heavy (non-hydrogen) atoms. The zero-order chi connectivity index (χ0) is 20.5. The van der Waals surface area contributed by atoms with Crippen LogP contribution >= 0.6 is 0 Å². The fourth-order valence-corrected chi connectivity index (χ4v) is 4.52. The number of nitrogens with zero attached hydrogens (tertiary/aromatic N) is 1. The molecule has 156 valence electrons. The molecule has 3 nitrogen and oxygen atoms in total. The molecule has 0 unspecified atom stereocenters. The molecule has 1 aromatic carbocycles. The van der Waals surface area contributed by atoms with Crippen molar-refractivity contribution in [1.82, 2.24) is 10.2 Å². The summed E-state index contributed by atoms with van der Waals surface area (Å²) in [6.07, 6.45) is 0.570. The van der Waals surface area contributed by atoms with Gasteiger partial charge in [0.05, 0.1) is 11.0 Å². The summed E-state index contributed by atoms with van der Waals surface area (Å²) < 4.78 is 52.2. The van der Waals surface area contributed by atoms with Gasteiger partial charge in [-0.1, -0.05) is 20.3 Å². The normalized spacial score (nSPS) is 26.2. The third-order valence-corrected chi connectivity index (χ3v) is 6.40. The number of alkyl halides is 3. The second kappa shape index (κ2) is 8.01. The Morgan fingerprint density at radius 1 is 1.18 bits per heavy atom. The lowest BCUT2D eigenvalue weighted by atomic mass is 9.58. The third kappa shape index (κ3) is 4.34. The van der Waals surface area contributed by atoms with Crippen molar-refractivity contribution in [3.8, 4) is 0 Å². The van der Waals surface area contributed by atoms with E-state index in [1.807, 2.05) is 13.8 Å². The minimum Gasteiger partial charge on any atom is -0.352 e. The highest BCUT2D eigenvalue weighted by Gasteiger charge is 2.53. The summed E-state index contributed by atoms with van der Waals surface area (Å²) in [6, 6.07) is 2.80. The zero-order valence-electron chi connectivity index (χ0n) is 16.4. The van der Waals surface area contributed by atoms with Crippen molar-refractivity contribution in [2.24, 2.45) is 11.3 Å². The molecule has 1 saturated carbocycles. The van der Waals surface area contributed by atoms with Gasteiger partial charge in [-0.15, -0.1) is 0 Å². The SMILES string of the molecule is CC(C)C1(C(=O)NCc2cc(F)cc(C(F)(F)F)c2)CC(N2CCCCC2)C1. The number of amides is 1. The second-order valence-electron chi connectivity index (χ2n) is 8.50. The van der Waals surface area contributed by atoms with Crippen LogP contribution in [0.25, 0.3) is 0 Å². The van der Waals surface area contributed by atoms with Crippen molar-refractivity contribution in [2.75, 3.05) is 13.1 Å². The van der Waals surface area contributed by atoms with E-state index >= 15 is 0 Å². The van der Waals surface area contributed by atoms with Crippen LogP contribution in [0.3, 0.4) is 0 Å². The largest absolute Gasteiger partial charge is 0.416 e. The summed E-state index contributed by atoms with van der Waals surface area (Å²) >= 11 is 0. The van der Waals surface area contributed by atoms with E-state index in [2.05, 4.69) is 10.2 Å². The summed E-state index contributed by atoms with van der Waals surface area (Å²) in [5.74, 6) is -0.966. The minimum absolute atomic E-state index is 0.109. The number of hydrogen-bond acceptors (Lipinski definition) is 2. The lowest BCUT2D eigenvalue weighted by Crippen LogP contribution is -2.60. The van der Waals surface area contributed by atoms with E-state index in [9.17, 15) is 22.4 Å². The topological polar surface area (TPSA) is 32.3 Å². The number of carbonyl (C=O) groups excluding carboxylic acids is 1. The van der Waals surface area contributed by atoms with Gasteiger partial charge in [0.2, 0.25) is 5.91 Å². The van der Waals surface area contributed by atoms with Crippen molar-refractivity contribution in [3.05, 3.63) is 35.1 Å². The van der Waals surface area contributed by atoms with Crippen LogP contribution in [0, 0.1) is 17.2 Å². The van der Waals surface area contributed by atoms with Crippen molar-refractivity contribution in [2.45, 2.75) is 64.7 Å². The zero-order valence-corrected chi connectivity index (χ0v) is 16.4. The number of carbonyl (C=O) groups is 1. The smallest absolute Gasteiger partial charge is 0.352 e. The van der Waals surface area contributed by atoms with Gasteiger partial charge in [0, 0.05) is 12.6 Å². The first kappa shape index (κ1) is 21.1. The van der Waals surface area contributed by atoms with Gasteiger partial charge in [-0.25, -0.2) is 4.39 Å². The Hall–Kier alpha value is -1.63. The molecule has 0 atom stereocenters. The molecular formula is C21H28F4N2O. The summed E-state index contributed by atoms with van der Waals surface area (Å²) in [5, 5.41) is 2.76. The number of nitrogens with one attached hydrogen (secondary N) is 1. The molecule has 1 aliphatic carbocycles. The number of piperidine rings is 1. The maximum Gasteiger partial charge on any atom is 0.416 e. The van der Waals surface area contributed by atoms with Crippen LogP contribution in [0.5, 0.6) is 0 Å². The fraction of sp³-hybridized carbons (Fsp3) is 0.667. The molecule has 3 rings (SSSR count). The molecule has 1 heterocycles. The maximum absolute atomic E-state index is 13.6. The summed E-state index contributed by atoms with van der Waals surface area (Å²) in [4.78, 5) is 15.4. The third-order valence-electron chi connectivity index (χ3n) is 6.40. The Bertz CT molecular complexity index is 705. The quantitative estimate of drug-likeness (QED) is 0.724. The molecule has 1 aromatic rings. The molecule has 1 N–H and O–H groups in total. The van der Waals surface area contributed by atoms with E-state index in [-0.39, 0.29) is 23.9 Å². The van der Waals surface area contributed by atoms with E-state index in [1.54, 1.807) is 0 Å². The molecular weight excluding hydrogens is 372 g/mol. The predicted octanol–water partition coefficient (Wildman–Crippen LogP) is 4.75. The lowest BCUT2D eigenvalue weighted by Gasteiger charge is -2.53. The molecule has 7 heteroatoms. The highest BCUT2D eigenvalue weighted by molar-refractivity contribution is 5.84. The minimum atomic E-state index is -4.62. The van der Waals surface area contributed by atoms with Crippen molar-refractivity contribution in [1.29, 1.82) is 0 Å². The summed E-state index contributed by atoms with van der Waals surface area (Å²) in [5.41, 5.74) is -1.42. The highest BCUT2D eigenvalue weighted by Crippen LogP contribution is 2.50. The van der Waals surface area contributed by atoms with Crippen LogP contribution in [0.1, 0.15) is 57.1 Å². The van der Waals surface area contributed by atoms with Gasteiger partial charge in [-0.2, -0.15) is 13.2 Å². The van der Waals surface area contributed by atoms with E-state index in [0.29, 0.717) is 12.1 Å². The fourth-order valence-electron chi connectivity index (χ4n) is 4.52. The van der Waals surface area contributed by atoms with E-state index in [0.717, 1.165) is 38.1 Å². The van der Waals surface area contributed by atoms with Gasteiger partial charge >= 0.3 is 6.18 Å². The average molecular weight is 400 g/mol. The van der Waals surface area contributed by atoms with Crippen LogP contribution in [0.2, 0.25) is 0 Å². The Balaban J connectivity index is 1.64. The molecule has 0 aromatic heterocycles. The van der Waals surface area contributed by atoms with E-state index in [4.69, 9.17) is 0 Å². The van der Waals surface area contributed by atoms with Gasteiger partial charge in [0.15, 0.2) is 0 Å². The van der Waals surface area contributed by atoms with E-state index in [1.165, 1.54) is 19.3 Å². The van der Waals surface area contributed by atoms with Crippen molar-refractivity contribution in [3.63, 3.8) is 0 Å². The van der Waals surface area contributed by atoms with Gasteiger partial charge in [-0.05, 0) is 68.5 Å². The molecule has 1 saturated heterocycles. The van der Waals surface area contributed by atoms with Crippen molar-refractivity contribution < 1.29 is 22.4 Å². The molecule has 0 bridgehead atoms. The van der Waals surface area contributed by atoms with Gasteiger partial charge < -0.3 is 10.2 Å². The molecule has 2 fully saturated rings. The van der Waals surface area contributed by atoms with Gasteiger partial charge in [0.1, 0.15) is 5.82 Å². The Morgan fingerprint density at radius 2 is 1.82 bits per heavy atom. The van der Waals surface area contributed by atoms with Gasteiger partial charge in [0.25, 0.3) is 0 Å². The first-order chi connectivity index (χ1) is 13.1. The number of halogens is 4. The Labute approximate surface area is 163 Å². The average Bonchev–Trinajstić information content (AvgIpc) is 2.58. The molecule has 1 aliphatic heterocycles. The lowest BCUT2D eigenvalue weighted by molar-refractivity contribution is -0.146. The van der Waals surface area contributed by atoms with Crippen LogP contribution in [0.4, 0.5) is 17.6 Å². The predicted molar refractivity (Wildman–Crippen MR) is 99.0 cm³/mol. The molecule has 1 amide bonds. The first-order valence-corrected chi connectivity index (χ1v) is 10.0. The number of benzene rings is 1. The van der Waals surface area contributed by atoms with E-state index < -0.39 is 23.0 Å². The molecule has 0 spiro atoms. The molecule has 0 radical (unpaired) electrons. The van der Waals surface area contributed by atoms with Crippen LogP contribution in [-0.2, 0) is 17.5 Å². The highest BCUT2D eigenvalue weighted by atomic mass is 19.4. The Kier molecular flexibility index (Phi) is 6.03.